The van der Waals surface area contributed by atoms with Crippen molar-refractivity contribution in [2.24, 2.45) is 5.92 Å². The van der Waals surface area contributed by atoms with Gasteiger partial charge in [0.2, 0.25) is 0 Å². The van der Waals surface area contributed by atoms with E-state index in [2.05, 4.69) is 4.98 Å². The van der Waals surface area contributed by atoms with E-state index in [1.165, 1.54) is 0 Å². The first kappa shape index (κ1) is 9.90. The highest BCUT2D eigenvalue weighted by Gasteiger charge is 2.10. The lowest BCUT2D eigenvalue weighted by Crippen LogP contribution is -2.06. The summed E-state index contributed by atoms with van der Waals surface area (Å²) in [6.07, 6.45) is 2.31. The van der Waals surface area contributed by atoms with Crippen LogP contribution >= 0.6 is 0 Å². The molecule has 0 bridgehead atoms. The first-order valence-corrected chi connectivity index (χ1v) is 4.56. The molecule has 0 fully saturated rings. The minimum Gasteiger partial charge on any atom is -0.294 e. The highest BCUT2D eigenvalue weighted by atomic mass is 16.1. The lowest BCUT2D eigenvalue weighted by Gasteiger charge is -2.05. The van der Waals surface area contributed by atoms with Crippen LogP contribution < -0.4 is 0 Å². The molecule has 0 unspecified atom stereocenters. The van der Waals surface area contributed by atoms with Crippen molar-refractivity contribution in [2.45, 2.75) is 27.2 Å². The highest BCUT2D eigenvalue weighted by Crippen LogP contribution is 2.11. The molecule has 1 aromatic heterocycles. The van der Waals surface area contributed by atoms with E-state index in [9.17, 15) is 4.79 Å². The molecule has 0 N–H and O–H groups in total. The molecule has 1 rings (SSSR count). The summed E-state index contributed by atoms with van der Waals surface area (Å²) in [5.41, 5.74) is 1.59. The lowest BCUT2D eigenvalue weighted by molar-refractivity contribution is 0.0967. The minimum atomic E-state index is 0.195. The normalized spacial score (nSPS) is 10.5. The van der Waals surface area contributed by atoms with Crippen molar-refractivity contribution in [3.63, 3.8) is 0 Å². The summed E-state index contributed by atoms with van der Waals surface area (Å²) in [4.78, 5) is 15.7. The monoisotopic (exact) mass is 177 g/mol. The van der Waals surface area contributed by atoms with Gasteiger partial charge in [0.1, 0.15) is 0 Å². The number of rotatable bonds is 3. The Morgan fingerprint density at radius 2 is 2.23 bits per heavy atom. The standard InChI is InChI=1S/C11H15NO/c1-8(2)7-11(13)10-5-4-6-12-9(10)3/h4-6,8H,7H2,1-3H3. The van der Waals surface area contributed by atoms with Gasteiger partial charge in [0.25, 0.3) is 0 Å². The van der Waals surface area contributed by atoms with E-state index in [0.717, 1.165) is 11.3 Å². The Bertz CT molecular complexity index is 305. The number of pyridine rings is 1. The molecule has 2 heteroatoms. The van der Waals surface area contributed by atoms with Crippen molar-refractivity contribution in [1.82, 2.24) is 4.98 Å². The van der Waals surface area contributed by atoms with E-state index in [0.29, 0.717) is 12.3 Å². The highest BCUT2D eigenvalue weighted by molar-refractivity contribution is 5.97. The number of aryl methyl sites for hydroxylation is 1. The third-order valence-corrected chi connectivity index (χ3v) is 1.90. The maximum atomic E-state index is 11.6. The zero-order chi connectivity index (χ0) is 9.84. The van der Waals surface area contributed by atoms with Crippen LogP contribution in [0.3, 0.4) is 0 Å². The van der Waals surface area contributed by atoms with Crippen molar-refractivity contribution < 1.29 is 4.79 Å². The van der Waals surface area contributed by atoms with Crippen LogP contribution in [-0.4, -0.2) is 10.8 Å². The van der Waals surface area contributed by atoms with Crippen LogP contribution in [-0.2, 0) is 0 Å². The van der Waals surface area contributed by atoms with Crippen molar-refractivity contribution >= 4 is 5.78 Å². The van der Waals surface area contributed by atoms with Crippen LogP contribution in [0.5, 0.6) is 0 Å². The fourth-order valence-corrected chi connectivity index (χ4v) is 1.26. The van der Waals surface area contributed by atoms with Gasteiger partial charge in [-0.2, -0.15) is 0 Å². The molecule has 2 nitrogen and oxygen atoms in total. The third kappa shape index (κ3) is 2.65. The fourth-order valence-electron chi connectivity index (χ4n) is 1.26. The number of hydrogen-bond donors (Lipinski definition) is 0. The molecule has 70 valence electrons. The number of carbonyl (C=O) groups is 1. The van der Waals surface area contributed by atoms with Gasteiger partial charge in [0, 0.05) is 23.9 Å². The number of carbonyl (C=O) groups excluding carboxylic acids is 1. The van der Waals surface area contributed by atoms with Gasteiger partial charge in [-0.15, -0.1) is 0 Å². The van der Waals surface area contributed by atoms with Gasteiger partial charge in [-0.1, -0.05) is 13.8 Å². The average Bonchev–Trinajstić information content (AvgIpc) is 2.03. The maximum Gasteiger partial charge on any atom is 0.164 e. The van der Waals surface area contributed by atoms with Crippen molar-refractivity contribution in [2.75, 3.05) is 0 Å². The molecule has 0 aromatic carbocycles. The Morgan fingerprint density at radius 3 is 2.77 bits per heavy atom. The first-order valence-electron chi connectivity index (χ1n) is 4.56. The number of ketones is 1. The Hall–Kier alpha value is -1.18. The van der Waals surface area contributed by atoms with Crippen LogP contribution in [0.1, 0.15) is 36.3 Å². The molecule has 1 heterocycles. The number of hydrogen-bond acceptors (Lipinski definition) is 2. The van der Waals surface area contributed by atoms with E-state index in [1.54, 1.807) is 12.3 Å². The Labute approximate surface area is 79.0 Å². The first-order chi connectivity index (χ1) is 6.11. The summed E-state index contributed by atoms with van der Waals surface area (Å²) in [7, 11) is 0. The third-order valence-electron chi connectivity index (χ3n) is 1.90. The van der Waals surface area contributed by atoms with Crippen LogP contribution in [0.25, 0.3) is 0 Å². The van der Waals surface area contributed by atoms with Crippen LogP contribution in [0.15, 0.2) is 18.3 Å². The number of Topliss-reactive ketones (excluding diaryl/α,β-unsaturated/α-hetero) is 1. The number of nitrogens with zero attached hydrogens (tertiary/aromatic N) is 1. The second-order valence-corrected chi connectivity index (χ2v) is 3.66. The molecule has 13 heavy (non-hydrogen) atoms. The van der Waals surface area contributed by atoms with E-state index < -0.39 is 0 Å². The molecule has 0 atom stereocenters. The smallest absolute Gasteiger partial charge is 0.164 e. The molecular formula is C11H15NO. The van der Waals surface area contributed by atoms with Crippen LogP contribution in [0, 0.1) is 12.8 Å². The molecule has 0 saturated carbocycles. The summed E-state index contributed by atoms with van der Waals surface area (Å²) < 4.78 is 0. The van der Waals surface area contributed by atoms with Crippen LogP contribution in [0.2, 0.25) is 0 Å². The second-order valence-electron chi connectivity index (χ2n) is 3.66. The van der Waals surface area contributed by atoms with Crippen molar-refractivity contribution in [1.29, 1.82) is 0 Å². The minimum absolute atomic E-state index is 0.195. The SMILES string of the molecule is Cc1ncccc1C(=O)CC(C)C. The van der Waals surface area contributed by atoms with Crippen LogP contribution in [0.4, 0.5) is 0 Å². The zero-order valence-corrected chi connectivity index (χ0v) is 8.37. The largest absolute Gasteiger partial charge is 0.294 e. The molecule has 1 aromatic rings. The molecule has 0 spiro atoms. The van der Waals surface area contributed by atoms with Gasteiger partial charge in [0.15, 0.2) is 5.78 Å². The quantitative estimate of drug-likeness (QED) is 0.664. The van der Waals surface area contributed by atoms with E-state index in [4.69, 9.17) is 0 Å². The Kier molecular flexibility index (Phi) is 3.18. The summed E-state index contributed by atoms with van der Waals surface area (Å²) in [5.74, 6) is 0.604. The molecule has 0 aliphatic carbocycles. The maximum absolute atomic E-state index is 11.6. The summed E-state index contributed by atoms with van der Waals surface area (Å²) in [6.45, 7) is 5.96. The predicted molar refractivity (Wildman–Crippen MR) is 52.8 cm³/mol. The van der Waals surface area contributed by atoms with E-state index in [-0.39, 0.29) is 5.78 Å². The predicted octanol–water partition coefficient (Wildman–Crippen LogP) is 2.62. The van der Waals surface area contributed by atoms with Crippen molar-refractivity contribution in [3.8, 4) is 0 Å². The van der Waals surface area contributed by atoms with Gasteiger partial charge in [-0.3, -0.25) is 9.78 Å². The Morgan fingerprint density at radius 1 is 1.54 bits per heavy atom. The van der Waals surface area contributed by atoms with Gasteiger partial charge in [-0.05, 0) is 25.0 Å². The molecule has 0 amide bonds. The van der Waals surface area contributed by atoms with Crippen molar-refractivity contribution in [3.05, 3.63) is 29.6 Å². The molecule has 0 aliphatic rings. The van der Waals surface area contributed by atoms with Gasteiger partial charge < -0.3 is 0 Å². The van der Waals surface area contributed by atoms with Gasteiger partial charge in [-0.25, -0.2) is 0 Å². The molecule has 0 radical (unpaired) electrons. The zero-order valence-electron chi connectivity index (χ0n) is 8.37. The molecule has 0 saturated heterocycles. The molecular weight excluding hydrogens is 162 g/mol. The van der Waals surface area contributed by atoms with E-state index in [1.807, 2.05) is 26.8 Å². The average molecular weight is 177 g/mol. The summed E-state index contributed by atoms with van der Waals surface area (Å²) >= 11 is 0. The Balaban J connectivity index is 2.83. The summed E-state index contributed by atoms with van der Waals surface area (Å²) in [6, 6.07) is 3.65. The lowest BCUT2D eigenvalue weighted by atomic mass is 10.0. The molecule has 0 aliphatic heterocycles. The summed E-state index contributed by atoms with van der Waals surface area (Å²) in [5, 5.41) is 0. The van der Waals surface area contributed by atoms with E-state index >= 15 is 0 Å². The fraction of sp³-hybridized carbons (Fsp3) is 0.455. The van der Waals surface area contributed by atoms with Gasteiger partial charge >= 0.3 is 0 Å². The second kappa shape index (κ2) is 4.17. The topological polar surface area (TPSA) is 30.0 Å². The van der Waals surface area contributed by atoms with Gasteiger partial charge in [0.05, 0.1) is 0 Å². The number of aromatic nitrogens is 1.